The number of alkyl halides is 3. The Kier molecular flexibility index (Phi) is 3.55. The molecule has 0 radical (unpaired) electrons. The monoisotopic (exact) mass is 276 g/mol. The second-order valence-corrected chi connectivity index (χ2v) is 4.23. The van der Waals surface area contributed by atoms with E-state index in [0.29, 0.717) is 0 Å². The SMILES string of the molecule is O=C(O)C(Oc1ccc(OC(F)(F)F)cc1)C1CC1. The maximum atomic E-state index is 11.9. The highest BCUT2D eigenvalue weighted by molar-refractivity contribution is 5.73. The van der Waals surface area contributed by atoms with Crippen molar-refractivity contribution in [2.45, 2.75) is 25.3 Å². The van der Waals surface area contributed by atoms with Gasteiger partial charge in [0.15, 0.2) is 6.10 Å². The van der Waals surface area contributed by atoms with E-state index in [0.717, 1.165) is 25.0 Å². The topological polar surface area (TPSA) is 55.8 Å². The van der Waals surface area contributed by atoms with Crippen LogP contribution < -0.4 is 9.47 Å². The Morgan fingerprint density at radius 1 is 1.21 bits per heavy atom. The zero-order chi connectivity index (χ0) is 14.0. The number of aliphatic carboxylic acids is 1. The molecule has 104 valence electrons. The second-order valence-electron chi connectivity index (χ2n) is 4.23. The molecule has 1 unspecified atom stereocenters. The third kappa shape index (κ3) is 4.04. The van der Waals surface area contributed by atoms with Crippen LogP contribution in [-0.2, 0) is 4.79 Å². The normalized spacial score (nSPS) is 16.8. The summed E-state index contributed by atoms with van der Waals surface area (Å²) in [5, 5.41) is 8.95. The van der Waals surface area contributed by atoms with Gasteiger partial charge >= 0.3 is 12.3 Å². The first-order chi connectivity index (χ1) is 8.85. The molecule has 1 saturated carbocycles. The van der Waals surface area contributed by atoms with Gasteiger partial charge in [0.2, 0.25) is 0 Å². The fourth-order valence-corrected chi connectivity index (χ4v) is 1.61. The number of carbonyl (C=O) groups is 1. The van der Waals surface area contributed by atoms with Crippen molar-refractivity contribution in [3.8, 4) is 11.5 Å². The molecule has 0 bridgehead atoms. The molecule has 0 heterocycles. The van der Waals surface area contributed by atoms with Crippen LogP contribution in [0.4, 0.5) is 13.2 Å². The Balaban J connectivity index is 2.00. The first-order valence-electron chi connectivity index (χ1n) is 5.60. The van der Waals surface area contributed by atoms with E-state index in [9.17, 15) is 18.0 Å². The molecule has 0 aromatic heterocycles. The zero-order valence-electron chi connectivity index (χ0n) is 9.68. The molecule has 1 aromatic carbocycles. The lowest BCUT2D eigenvalue weighted by molar-refractivity contribution is -0.274. The predicted molar refractivity (Wildman–Crippen MR) is 57.9 cm³/mol. The first-order valence-corrected chi connectivity index (χ1v) is 5.60. The molecule has 1 aromatic rings. The summed E-state index contributed by atoms with van der Waals surface area (Å²) < 4.78 is 44.8. The minimum Gasteiger partial charge on any atom is -0.478 e. The molecular weight excluding hydrogens is 265 g/mol. The number of benzene rings is 1. The van der Waals surface area contributed by atoms with Crippen molar-refractivity contribution in [3.63, 3.8) is 0 Å². The summed E-state index contributed by atoms with van der Waals surface area (Å²) in [5.74, 6) is -1.27. The lowest BCUT2D eigenvalue weighted by Gasteiger charge is -2.15. The first kappa shape index (κ1) is 13.5. The fraction of sp³-hybridized carbons (Fsp3) is 0.417. The van der Waals surface area contributed by atoms with Crippen LogP contribution in [-0.4, -0.2) is 23.5 Å². The highest BCUT2D eigenvalue weighted by Gasteiger charge is 2.38. The standard InChI is InChI=1S/C12H11F3O4/c13-12(14,15)19-9-5-3-8(4-6-9)18-10(11(16)17)7-1-2-7/h3-7,10H,1-2H2,(H,16,17). The van der Waals surface area contributed by atoms with Gasteiger partial charge in [0.05, 0.1) is 0 Å². The van der Waals surface area contributed by atoms with Crippen molar-refractivity contribution >= 4 is 5.97 Å². The largest absolute Gasteiger partial charge is 0.573 e. The average Bonchev–Trinajstić information content (AvgIpc) is 3.09. The molecule has 0 spiro atoms. The van der Waals surface area contributed by atoms with Crippen LogP contribution in [0.1, 0.15) is 12.8 Å². The molecule has 0 aliphatic heterocycles. The third-order valence-corrected chi connectivity index (χ3v) is 2.61. The second kappa shape index (κ2) is 4.99. The van der Waals surface area contributed by atoms with Gasteiger partial charge in [-0.15, -0.1) is 13.2 Å². The maximum Gasteiger partial charge on any atom is 0.573 e. The molecule has 1 aliphatic rings. The molecular formula is C12H11F3O4. The molecule has 19 heavy (non-hydrogen) atoms. The molecule has 1 atom stereocenters. The summed E-state index contributed by atoms with van der Waals surface area (Å²) in [6.07, 6.45) is -4.13. The van der Waals surface area contributed by atoms with Crippen molar-refractivity contribution in [1.82, 2.24) is 0 Å². The van der Waals surface area contributed by atoms with E-state index in [-0.39, 0.29) is 17.4 Å². The summed E-state index contributed by atoms with van der Waals surface area (Å²) in [5.41, 5.74) is 0. The van der Waals surface area contributed by atoms with Crippen LogP contribution in [0.2, 0.25) is 0 Å². The molecule has 1 N–H and O–H groups in total. The number of ether oxygens (including phenoxy) is 2. The lowest BCUT2D eigenvalue weighted by Crippen LogP contribution is -2.29. The van der Waals surface area contributed by atoms with Gasteiger partial charge < -0.3 is 14.6 Å². The fourth-order valence-electron chi connectivity index (χ4n) is 1.61. The zero-order valence-corrected chi connectivity index (χ0v) is 9.68. The van der Waals surface area contributed by atoms with Crippen LogP contribution in [0.15, 0.2) is 24.3 Å². The molecule has 0 amide bonds. The smallest absolute Gasteiger partial charge is 0.478 e. The Morgan fingerprint density at radius 3 is 2.16 bits per heavy atom. The molecule has 7 heteroatoms. The van der Waals surface area contributed by atoms with E-state index >= 15 is 0 Å². The van der Waals surface area contributed by atoms with E-state index in [4.69, 9.17) is 9.84 Å². The molecule has 1 fully saturated rings. The van der Waals surface area contributed by atoms with Crippen molar-refractivity contribution in [2.24, 2.45) is 5.92 Å². The van der Waals surface area contributed by atoms with Gasteiger partial charge in [-0.2, -0.15) is 0 Å². The summed E-state index contributed by atoms with van der Waals surface area (Å²) in [6.45, 7) is 0. The van der Waals surface area contributed by atoms with Gasteiger partial charge in [0, 0.05) is 5.92 Å². The quantitative estimate of drug-likeness (QED) is 0.898. The number of hydrogen-bond donors (Lipinski definition) is 1. The van der Waals surface area contributed by atoms with E-state index in [1.165, 1.54) is 12.1 Å². The van der Waals surface area contributed by atoms with Crippen LogP contribution in [0, 0.1) is 5.92 Å². The molecule has 0 saturated heterocycles. The Bertz CT molecular complexity index is 451. The molecule has 2 rings (SSSR count). The minimum atomic E-state index is -4.75. The van der Waals surface area contributed by atoms with Crippen LogP contribution in [0.3, 0.4) is 0 Å². The van der Waals surface area contributed by atoms with Crippen molar-refractivity contribution in [2.75, 3.05) is 0 Å². The van der Waals surface area contributed by atoms with Crippen LogP contribution in [0.25, 0.3) is 0 Å². The van der Waals surface area contributed by atoms with Gasteiger partial charge in [0.1, 0.15) is 11.5 Å². The van der Waals surface area contributed by atoms with Gasteiger partial charge in [-0.25, -0.2) is 4.79 Å². The highest BCUT2D eigenvalue weighted by atomic mass is 19.4. The van der Waals surface area contributed by atoms with E-state index in [2.05, 4.69) is 4.74 Å². The molecule has 1 aliphatic carbocycles. The van der Waals surface area contributed by atoms with Crippen LogP contribution in [0.5, 0.6) is 11.5 Å². The van der Waals surface area contributed by atoms with E-state index in [1.807, 2.05) is 0 Å². The average molecular weight is 276 g/mol. The third-order valence-electron chi connectivity index (χ3n) is 2.61. The summed E-state index contributed by atoms with van der Waals surface area (Å²) >= 11 is 0. The number of carboxylic acids is 1. The van der Waals surface area contributed by atoms with E-state index in [1.54, 1.807) is 0 Å². The minimum absolute atomic E-state index is 0.0244. The maximum absolute atomic E-state index is 11.9. The van der Waals surface area contributed by atoms with Gasteiger partial charge in [-0.3, -0.25) is 0 Å². The predicted octanol–water partition coefficient (Wildman–Crippen LogP) is 2.83. The van der Waals surface area contributed by atoms with E-state index < -0.39 is 18.4 Å². The van der Waals surface area contributed by atoms with Crippen molar-refractivity contribution in [3.05, 3.63) is 24.3 Å². The van der Waals surface area contributed by atoms with Gasteiger partial charge in [0.25, 0.3) is 0 Å². The van der Waals surface area contributed by atoms with Gasteiger partial charge in [-0.1, -0.05) is 0 Å². The van der Waals surface area contributed by atoms with Crippen LogP contribution >= 0.6 is 0 Å². The Hall–Kier alpha value is -1.92. The van der Waals surface area contributed by atoms with Gasteiger partial charge in [-0.05, 0) is 37.1 Å². The van der Waals surface area contributed by atoms with Crippen molar-refractivity contribution in [1.29, 1.82) is 0 Å². The van der Waals surface area contributed by atoms with Crippen molar-refractivity contribution < 1.29 is 32.5 Å². The Morgan fingerprint density at radius 2 is 1.74 bits per heavy atom. The number of carboxylic acid groups (broad SMARTS) is 1. The Labute approximate surface area is 106 Å². The summed E-state index contributed by atoms with van der Waals surface area (Å²) in [7, 11) is 0. The number of hydrogen-bond acceptors (Lipinski definition) is 3. The number of rotatable bonds is 5. The lowest BCUT2D eigenvalue weighted by atomic mass is 10.2. The summed E-state index contributed by atoms with van der Waals surface area (Å²) in [6, 6.07) is 4.65. The highest BCUT2D eigenvalue weighted by Crippen LogP contribution is 2.35. The molecule has 4 nitrogen and oxygen atoms in total. The number of halogens is 3. The summed E-state index contributed by atoms with van der Waals surface area (Å²) in [4.78, 5) is 10.9.